The van der Waals surface area contributed by atoms with Crippen LogP contribution in [-0.4, -0.2) is 14.7 Å². The topological polar surface area (TPSA) is 60.2 Å². The largest absolute Gasteiger partial charge is 0.404 e. The van der Waals surface area contributed by atoms with Crippen LogP contribution in [0.1, 0.15) is 0 Å². The van der Waals surface area contributed by atoms with Gasteiger partial charge < -0.3 is 5.73 Å². The van der Waals surface area contributed by atoms with Crippen LogP contribution in [0.15, 0.2) is 11.6 Å². The van der Waals surface area contributed by atoms with Gasteiger partial charge >= 0.3 is 0 Å². The highest BCUT2D eigenvalue weighted by molar-refractivity contribution is 7.93. The second-order valence-corrected chi connectivity index (χ2v) is 3.09. The number of hydrogen-bond donors (Lipinski definition) is 1. The molecule has 7 heavy (non-hydrogen) atoms. The van der Waals surface area contributed by atoms with Gasteiger partial charge in [0.2, 0.25) is 0 Å². The SMILES string of the molecule is CS(=O)(=O)C=CN. The van der Waals surface area contributed by atoms with E-state index in [0.29, 0.717) is 0 Å². The van der Waals surface area contributed by atoms with Gasteiger partial charge in [0.1, 0.15) is 0 Å². The summed E-state index contributed by atoms with van der Waals surface area (Å²) in [7, 11) is -2.98. The summed E-state index contributed by atoms with van der Waals surface area (Å²) >= 11 is 0. The molecule has 0 fully saturated rings. The van der Waals surface area contributed by atoms with Gasteiger partial charge in [-0.1, -0.05) is 0 Å². The van der Waals surface area contributed by atoms with Gasteiger partial charge in [0, 0.05) is 17.9 Å². The summed E-state index contributed by atoms with van der Waals surface area (Å²) in [6, 6.07) is 0. The Kier molecular flexibility index (Phi) is 1.83. The minimum absolute atomic E-state index is 0.938. The standard InChI is InChI=1S/C3H7NO2S/c1-7(5,6)3-2-4/h2-3H,4H2,1H3. The van der Waals surface area contributed by atoms with Crippen LogP contribution in [0, 0.1) is 0 Å². The van der Waals surface area contributed by atoms with Crippen LogP contribution < -0.4 is 5.73 Å². The third kappa shape index (κ3) is 5.49. The van der Waals surface area contributed by atoms with Crippen molar-refractivity contribution in [3.63, 3.8) is 0 Å². The molecule has 0 amide bonds. The summed E-state index contributed by atoms with van der Waals surface area (Å²) in [5.74, 6) is 0. The van der Waals surface area contributed by atoms with Crippen LogP contribution in [0.5, 0.6) is 0 Å². The van der Waals surface area contributed by atoms with E-state index in [-0.39, 0.29) is 0 Å². The van der Waals surface area contributed by atoms with Crippen LogP contribution in [-0.2, 0) is 9.84 Å². The van der Waals surface area contributed by atoms with Gasteiger partial charge in [-0.25, -0.2) is 8.42 Å². The Morgan fingerprint density at radius 1 is 1.57 bits per heavy atom. The molecular weight excluding hydrogens is 114 g/mol. The summed E-state index contributed by atoms with van der Waals surface area (Å²) in [4.78, 5) is 0. The average Bonchev–Trinajstić information content (AvgIpc) is 1.30. The van der Waals surface area contributed by atoms with E-state index >= 15 is 0 Å². The molecule has 0 radical (unpaired) electrons. The van der Waals surface area contributed by atoms with Crippen molar-refractivity contribution in [2.24, 2.45) is 5.73 Å². The van der Waals surface area contributed by atoms with Crippen molar-refractivity contribution in [2.45, 2.75) is 0 Å². The van der Waals surface area contributed by atoms with Crippen molar-refractivity contribution in [1.82, 2.24) is 0 Å². The van der Waals surface area contributed by atoms with Gasteiger partial charge in [-0.05, 0) is 0 Å². The zero-order valence-corrected chi connectivity index (χ0v) is 4.77. The molecule has 0 bridgehead atoms. The van der Waals surface area contributed by atoms with Gasteiger partial charge in [-0.15, -0.1) is 0 Å². The third-order valence-electron chi connectivity index (χ3n) is 0.326. The highest BCUT2D eigenvalue weighted by Gasteiger charge is 1.87. The molecule has 2 N–H and O–H groups in total. The maximum atomic E-state index is 10.1. The Hall–Kier alpha value is -0.510. The molecule has 0 aromatic heterocycles. The molecule has 0 aliphatic heterocycles. The molecule has 0 aliphatic carbocycles. The molecule has 0 aromatic rings. The van der Waals surface area contributed by atoms with Crippen molar-refractivity contribution in [1.29, 1.82) is 0 Å². The van der Waals surface area contributed by atoms with E-state index in [1.54, 1.807) is 0 Å². The Labute approximate surface area is 42.7 Å². The minimum atomic E-state index is -2.98. The van der Waals surface area contributed by atoms with Crippen molar-refractivity contribution < 1.29 is 8.42 Å². The molecule has 0 spiro atoms. The fourth-order valence-electron chi connectivity index (χ4n) is 0.143. The third-order valence-corrected chi connectivity index (χ3v) is 0.977. The van der Waals surface area contributed by atoms with Gasteiger partial charge in [0.25, 0.3) is 0 Å². The average molecular weight is 121 g/mol. The Balaban J connectivity index is 4.13. The second-order valence-electron chi connectivity index (χ2n) is 1.16. The predicted molar refractivity (Wildman–Crippen MR) is 28.2 cm³/mol. The van der Waals surface area contributed by atoms with Crippen molar-refractivity contribution in [2.75, 3.05) is 6.26 Å². The van der Waals surface area contributed by atoms with E-state index < -0.39 is 9.84 Å². The number of sulfone groups is 1. The number of hydrogen-bond acceptors (Lipinski definition) is 3. The molecule has 0 saturated carbocycles. The normalized spacial score (nSPS) is 12.7. The van der Waals surface area contributed by atoms with E-state index in [1.165, 1.54) is 0 Å². The fraction of sp³-hybridized carbons (Fsp3) is 0.333. The van der Waals surface area contributed by atoms with Crippen molar-refractivity contribution >= 4 is 9.84 Å². The molecule has 0 aliphatic rings. The number of nitrogens with two attached hydrogens (primary N) is 1. The summed E-state index contributed by atoms with van der Waals surface area (Å²) in [5, 5.41) is 0.938. The zero-order valence-electron chi connectivity index (χ0n) is 3.96. The molecule has 0 atom stereocenters. The van der Waals surface area contributed by atoms with Crippen LogP contribution >= 0.6 is 0 Å². The highest BCUT2D eigenvalue weighted by Crippen LogP contribution is 1.79. The van der Waals surface area contributed by atoms with Crippen LogP contribution in [0.3, 0.4) is 0 Å². The maximum absolute atomic E-state index is 10.1. The van der Waals surface area contributed by atoms with E-state index in [9.17, 15) is 8.42 Å². The molecule has 0 heterocycles. The smallest absolute Gasteiger partial charge is 0.170 e. The summed E-state index contributed by atoms with van der Waals surface area (Å²) < 4.78 is 20.1. The van der Waals surface area contributed by atoms with Crippen LogP contribution in [0.25, 0.3) is 0 Å². The summed E-state index contributed by atoms with van der Waals surface area (Å²) in [5.41, 5.74) is 4.75. The van der Waals surface area contributed by atoms with Gasteiger partial charge in [-0.2, -0.15) is 0 Å². The van der Waals surface area contributed by atoms with E-state index in [4.69, 9.17) is 5.73 Å². The first-order valence-corrected chi connectivity index (χ1v) is 3.60. The quantitative estimate of drug-likeness (QED) is 0.507. The molecule has 3 nitrogen and oxygen atoms in total. The lowest BCUT2D eigenvalue weighted by Gasteiger charge is -1.77. The monoisotopic (exact) mass is 121 g/mol. The van der Waals surface area contributed by atoms with E-state index in [2.05, 4.69) is 0 Å². The summed E-state index contributed by atoms with van der Waals surface area (Å²) in [6.07, 6.45) is 2.08. The molecule has 0 aromatic carbocycles. The highest BCUT2D eigenvalue weighted by atomic mass is 32.2. The zero-order chi connectivity index (χ0) is 5.91. The Morgan fingerprint density at radius 2 is 2.00 bits per heavy atom. The first kappa shape index (κ1) is 6.49. The minimum Gasteiger partial charge on any atom is -0.404 e. The molecule has 0 saturated heterocycles. The lowest BCUT2D eigenvalue weighted by Crippen LogP contribution is -1.90. The second kappa shape index (κ2) is 1.97. The fourth-order valence-corrected chi connectivity index (χ4v) is 0.428. The lowest BCUT2D eigenvalue weighted by atomic mass is 11.1. The maximum Gasteiger partial charge on any atom is 0.170 e. The lowest BCUT2D eigenvalue weighted by molar-refractivity contribution is 0.610. The Morgan fingerprint density at radius 3 is 2.00 bits per heavy atom. The molecule has 0 rings (SSSR count). The van der Waals surface area contributed by atoms with Crippen molar-refractivity contribution in [3.05, 3.63) is 11.6 Å². The number of rotatable bonds is 1. The van der Waals surface area contributed by atoms with E-state index in [0.717, 1.165) is 17.9 Å². The van der Waals surface area contributed by atoms with Crippen molar-refractivity contribution in [3.8, 4) is 0 Å². The molecule has 0 unspecified atom stereocenters. The molecular formula is C3H7NO2S. The van der Waals surface area contributed by atoms with Crippen LogP contribution in [0.4, 0.5) is 0 Å². The van der Waals surface area contributed by atoms with E-state index in [1.807, 2.05) is 0 Å². The van der Waals surface area contributed by atoms with Gasteiger partial charge in [0.05, 0.1) is 0 Å². The Bertz CT molecular complexity index is 156. The first-order valence-electron chi connectivity index (χ1n) is 1.64. The predicted octanol–water partition coefficient (Wildman–Crippen LogP) is -0.539. The molecule has 42 valence electrons. The van der Waals surface area contributed by atoms with Gasteiger partial charge in [0.15, 0.2) is 9.84 Å². The molecule has 4 heteroatoms. The summed E-state index contributed by atoms with van der Waals surface area (Å²) in [6.45, 7) is 0. The van der Waals surface area contributed by atoms with Crippen LogP contribution in [0.2, 0.25) is 0 Å². The van der Waals surface area contributed by atoms with Gasteiger partial charge in [-0.3, -0.25) is 0 Å². The first-order chi connectivity index (χ1) is 3.06.